The Balaban J connectivity index is 1.36. The van der Waals surface area contributed by atoms with E-state index >= 15 is 0 Å². The molecule has 2 fully saturated rings. The Bertz CT molecular complexity index is 697. The molecule has 8 heteroatoms. The number of rotatable bonds is 14. The quantitative estimate of drug-likeness (QED) is 0.161. The van der Waals surface area contributed by atoms with E-state index in [2.05, 4.69) is 33.9 Å². The van der Waals surface area contributed by atoms with Gasteiger partial charge in [-0.15, -0.1) is 0 Å². The molecule has 2 aliphatic heterocycles. The summed E-state index contributed by atoms with van der Waals surface area (Å²) in [5.74, 6) is 1.05. The van der Waals surface area contributed by atoms with Gasteiger partial charge in [-0.05, 0) is 76.1 Å². The first-order chi connectivity index (χ1) is 15.7. The molecule has 1 unspecified atom stereocenters. The van der Waals surface area contributed by atoms with Crippen molar-refractivity contribution in [2.75, 3.05) is 39.3 Å². The van der Waals surface area contributed by atoms with Crippen LogP contribution in [-0.2, 0) is 4.28 Å². The molecule has 0 amide bonds. The molecule has 32 heavy (non-hydrogen) atoms. The maximum atomic E-state index is 14.7. The Morgan fingerprint density at radius 2 is 2.09 bits per heavy atom. The predicted octanol–water partition coefficient (Wildman–Crippen LogP) is 4.50. The zero-order valence-electron chi connectivity index (χ0n) is 19.3. The second-order valence-electron chi connectivity index (χ2n) is 8.70. The predicted molar refractivity (Wildman–Crippen MR) is 130 cm³/mol. The molecule has 2 heterocycles. The molecule has 0 spiro atoms. The lowest BCUT2D eigenvalue weighted by atomic mass is 9.93. The number of hydroxylamine groups is 1. The fourth-order valence-corrected chi connectivity index (χ4v) is 4.79. The number of piperidine rings is 1. The fraction of sp³-hybridized carbons (Fsp3) is 0.667. The number of ether oxygens (including phenoxy) is 1. The van der Waals surface area contributed by atoms with Crippen molar-refractivity contribution in [3.8, 4) is 5.75 Å². The molecule has 0 radical (unpaired) electrons. The van der Waals surface area contributed by atoms with Gasteiger partial charge in [-0.2, -0.15) is 5.48 Å². The highest BCUT2D eigenvalue weighted by atomic mass is 32.2. The molecule has 2 aliphatic rings. The summed E-state index contributed by atoms with van der Waals surface area (Å²) in [5.41, 5.74) is 4.04. The zero-order valence-corrected chi connectivity index (χ0v) is 20.2. The molecule has 2 saturated heterocycles. The summed E-state index contributed by atoms with van der Waals surface area (Å²) in [7, 11) is 0. The van der Waals surface area contributed by atoms with Crippen LogP contribution in [0.25, 0.3) is 5.70 Å². The molecule has 1 atom stereocenters. The van der Waals surface area contributed by atoms with Gasteiger partial charge in [0.1, 0.15) is 23.8 Å². The zero-order chi connectivity index (χ0) is 22.6. The first-order valence-electron chi connectivity index (χ1n) is 12.1. The molecule has 1 aromatic rings. The molecule has 3 N–H and O–H groups in total. The lowest BCUT2D eigenvalue weighted by Gasteiger charge is -2.22. The average Bonchev–Trinajstić information content (AvgIpc) is 3.33. The van der Waals surface area contributed by atoms with Crippen LogP contribution in [0.2, 0.25) is 0 Å². The van der Waals surface area contributed by atoms with Crippen molar-refractivity contribution in [2.24, 2.45) is 5.92 Å². The number of halogens is 1. The van der Waals surface area contributed by atoms with Crippen LogP contribution in [0.4, 0.5) is 4.39 Å². The molecule has 3 rings (SSSR count). The maximum absolute atomic E-state index is 14.7. The van der Waals surface area contributed by atoms with E-state index in [0.717, 1.165) is 44.9 Å². The first kappa shape index (κ1) is 25.3. The number of hydrogen-bond donors (Lipinski definition) is 3. The van der Waals surface area contributed by atoms with Crippen LogP contribution in [0.15, 0.2) is 24.8 Å². The van der Waals surface area contributed by atoms with Crippen LogP contribution < -0.4 is 20.9 Å². The average molecular weight is 467 g/mol. The standard InChI is InChI=1S/C24H39FN4O2S/c1-3-21(18-27-31-32-29-14-4-5-15-29)28-19(2)23-9-8-22(17-24(23)25)30-16-6-7-20-10-12-26-13-11-20/h8-9,17,20-21,26-28H,2-7,10-16,18H2,1H3. The van der Waals surface area contributed by atoms with Crippen molar-refractivity contribution in [1.29, 1.82) is 0 Å². The van der Waals surface area contributed by atoms with Gasteiger partial charge in [-0.1, -0.05) is 13.5 Å². The number of nitrogens with zero attached hydrogens (tertiary/aromatic N) is 1. The monoisotopic (exact) mass is 466 g/mol. The highest BCUT2D eigenvalue weighted by molar-refractivity contribution is 7.92. The van der Waals surface area contributed by atoms with Crippen LogP contribution in [0.3, 0.4) is 0 Å². The van der Waals surface area contributed by atoms with E-state index < -0.39 is 0 Å². The van der Waals surface area contributed by atoms with Gasteiger partial charge in [0.2, 0.25) is 0 Å². The van der Waals surface area contributed by atoms with Crippen LogP contribution in [0.1, 0.15) is 57.4 Å². The Morgan fingerprint density at radius 1 is 1.31 bits per heavy atom. The number of benzene rings is 1. The summed E-state index contributed by atoms with van der Waals surface area (Å²) in [6.07, 6.45) is 7.99. The van der Waals surface area contributed by atoms with Gasteiger partial charge in [0.15, 0.2) is 0 Å². The van der Waals surface area contributed by atoms with Gasteiger partial charge in [0, 0.05) is 43.0 Å². The van der Waals surface area contributed by atoms with E-state index in [-0.39, 0.29) is 11.9 Å². The third kappa shape index (κ3) is 8.56. The van der Waals surface area contributed by atoms with E-state index in [9.17, 15) is 4.39 Å². The van der Waals surface area contributed by atoms with Gasteiger partial charge in [0.05, 0.1) is 6.61 Å². The molecular formula is C24H39FN4O2S. The second kappa shape index (κ2) is 14.1. The van der Waals surface area contributed by atoms with Crippen molar-refractivity contribution < 1.29 is 13.4 Å². The molecule has 6 nitrogen and oxygen atoms in total. The minimum Gasteiger partial charge on any atom is -0.493 e. The van der Waals surface area contributed by atoms with E-state index in [1.54, 1.807) is 6.07 Å². The summed E-state index contributed by atoms with van der Waals surface area (Å²) in [6, 6.07) is 5.12. The van der Waals surface area contributed by atoms with Crippen molar-refractivity contribution >= 4 is 17.9 Å². The minimum absolute atomic E-state index is 0.0898. The third-order valence-electron chi connectivity index (χ3n) is 6.22. The molecule has 0 bridgehead atoms. The van der Waals surface area contributed by atoms with Crippen molar-refractivity contribution in [3.63, 3.8) is 0 Å². The van der Waals surface area contributed by atoms with Gasteiger partial charge >= 0.3 is 0 Å². The largest absolute Gasteiger partial charge is 0.493 e. The van der Waals surface area contributed by atoms with Crippen molar-refractivity contribution in [1.82, 2.24) is 20.4 Å². The summed E-state index contributed by atoms with van der Waals surface area (Å²) in [5, 5.41) is 6.71. The lowest BCUT2D eigenvalue weighted by Crippen LogP contribution is -2.37. The fourth-order valence-electron chi connectivity index (χ4n) is 4.16. The Kier molecular flexibility index (Phi) is 11.1. The van der Waals surface area contributed by atoms with E-state index in [4.69, 9.17) is 9.02 Å². The Hall–Kier alpha value is -1.32. The molecule has 0 saturated carbocycles. The molecule has 0 aliphatic carbocycles. The van der Waals surface area contributed by atoms with E-state index in [1.165, 1.54) is 50.4 Å². The SMILES string of the molecule is C=C(NC(CC)CNOSN1CCCC1)c1ccc(OCCCC2CCNCC2)cc1F. The van der Waals surface area contributed by atoms with E-state index in [1.807, 2.05) is 6.07 Å². The van der Waals surface area contributed by atoms with Gasteiger partial charge in [0.25, 0.3) is 0 Å². The smallest absolute Gasteiger partial charge is 0.136 e. The van der Waals surface area contributed by atoms with Gasteiger partial charge < -0.3 is 15.4 Å². The normalized spacial score (nSPS) is 18.6. The minimum atomic E-state index is -0.318. The molecule has 1 aromatic carbocycles. The van der Waals surface area contributed by atoms with Crippen molar-refractivity contribution in [2.45, 2.75) is 57.9 Å². The maximum Gasteiger partial charge on any atom is 0.136 e. The summed E-state index contributed by atoms with van der Waals surface area (Å²) in [6.45, 7) is 11.7. The highest BCUT2D eigenvalue weighted by Crippen LogP contribution is 2.23. The summed E-state index contributed by atoms with van der Waals surface area (Å²) in [4.78, 5) is 0. The molecule has 0 aromatic heterocycles. The second-order valence-corrected chi connectivity index (χ2v) is 9.53. The van der Waals surface area contributed by atoms with Crippen molar-refractivity contribution in [3.05, 3.63) is 36.2 Å². The van der Waals surface area contributed by atoms with Gasteiger partial charge in [-0.3, -0.25) is 0 Å². The summed E-state index contributed by atoms with van der Waals surface area (Å²) >= 11 is 1.37. The third-order valence-corrected chi connectivity index (χ3v) is 6.99. The lowest BCUT2D eigenvalue weighted by molar-refractivity contribution is 0.212. The highest BCUT2D eigenvalue weighted by Gasteiger charge is 2.15. The van der Waals surface area contributed by atoms with Gasteiger partial charge in [-0.25, -0.2) is 13.0 Å². The molecular weight excluding hydrogens is 427 g/mol. The van der Waals surface area contributed by atoms with Crippen LogP contribution in [0.5, 0.6) is 5.75 Å². The molecule has 180 valence electrons. The van der Waals surface area contributed by atoms with Crippen LogP contribution in [0, 0.1) is 11.7 Å². The topological polar surface area (TPSA) is 57.8 Å². The van der Waals surface area contributed by atoms with E-state index in [0.29, 0.717) is 30.2 Å². The van der Waals surface area contributed by atoms with Crippen LogP contribution in [-0.4, -0.2) is 49.7 Å². The Labute approximate surface area is 197 Å². The number of nitrogens with one attached hydrogen (secondary N) is 3. The summed E-state index contributed by atoms with van der Waals surface area (Å²) < 4.78 is 28.2. The number of hydrogen-bond acceptors (Lipinski definition) is 7. The first-order valence-corrected chi connectivity index (χ1v) is 12.8. The Morgan fingerprint density at radius 3 is 2.81 bits per heavy atom. The van der Waals surface area contributed by atoms with Crippen LogP contribution >= 0.6 is 12.2 Å².